The molecule has 4 N–H and O–H groups in total. The van der Waals surface area contributed by atoms with Crippen molar-refractivity contribution in [2.75, 3.05) is 12.3 Å². The summed E-state index contributed by atoms with van der Waals surface area (Å²) >= 11 is 0. The maximum atomic E-state index is 12.1. The molecule has 0 bridgehead atoms. The lowest BCUT2D eigenvalue weighted by Crippen LogP contribution is -2.40. The third-order valence-corrected chi connectivity index (χ3v) is 4.79. The van der Waals surface area contributed by atoms with Crippen molar-refractivity contribution >= 4 is 15.9 Å². The quantitative estimate of drug-likeness (QED) is 0.656. The SMILES string of the molecule is CC(C)NS(=O)(=O)CCNC(=O)C(C)C(N)c1ccccc1. The summed E-state index contributed by atoms with van der Waals surface area (Å²) < 4.78 is 25.8. The Morgan fingerprint density at radius 1 is 1.18 bits per heavy atom. The van der Waals surface area contributed by atoms with Gasteiger partial charge in [0.25, 0.3) is 0 Å². The van der Waals surface area contributed by atoms with Gasteiger partial charge in [0.15, 0.2) is 0 Å². The fraction of sp³-hybridized carbons (Fsp3) is 0.533. The summed E-state index contributed by atoms with van der Waals surface area (Å²) in [4.78, 5) is 12.1. The van der Waals surface area contributed by atoms with Gasteiger partial charge >= 0.3 is 0 Å². The Kier molecular flexibility index (Phi) is 6.99. The van der Waals surface area contributed by atoms with Crippen molar-refractivity contribution in [2.45, 2.75) is 32.9 Å². The predicted molar refractivity (Wildman–Crippen MR) is 87.6 cm³/mol. The van der Waals surface area contributed by atoms with Crippen LogP contribution in [-0.4, -0.2) is 32.7 Å². The Labute approximate surface area is 132 Å². The molecule has 0 radical (unpaired) electrons. The number of rotatable bonds is 8. The molecular formula is C15H25N3O3S. The summed E-state index contributed by atoms with van der Waals surface area (Å²) in [5.74, 6) is -0.844. The first-order chi connectivity index (χ1) is 10.2. The van der Waals surface area contributed by atoms with E-state index in [1.807, 2.05) is 30.3 Å². The minimum atomic E-state index is -3.37. The molecule has 124 valence electrons. The molecule has 7 heteroatoms. The van der Waals surface area contributed by atoms with Gasteiger partial charge in [0.05, 0.1) is 11.7 Å². The average Bonchev–Trinajstić information content (AvgIpc) is 2.44. The third kappa shape index (κ3) is 6.13. The summed E-state index contributed by atoms with van der Waals surface area (Å²) in [5.41, 5.74) is 6.95. The highest BCUT2D eigenvalue weighted by Gasteiger charge is 2.22. The van der Waals surface area contributed by atoms with Gasteiger partial charge in [0.1, 0.15) is 0 Å². The fourth-order valence-corrected chi connectivity index (χ4v) is 3.22. The van der Waals surface area contributed by atoms with Crippen LogP contribution in [0.15, 0.2) is 30.3 Å². The Bertz CT molecular complexity index is 573. The van der Waals surface area contributed by atoms with Crippen molar-refractivity contribution < 1.29 is 13.2 Å². The standard InChI is InChI=1S/C15H25N3O3S/c1-11(2)18-22(20,21)10-9-17-15(19)12(3)14(16)13-7-5-4-6-8-13/h4-8,11-12,14,18H,9-10,16H2,1-3H3,(H,17,19). The van der Waals surface area contributed by atoms with Crippen LogP contribution in [0.3, 0.4) is 0 Å². The Morgan fingerprint density at radius 2 is 1.77 bits per heavy atom. The van der Waals surface area contributed by atoms with Crippen LogP contribution >= 0.6 is 0 Å². The van der Waals surface area contributed by atoms with Gasteiger partial charge in [-0.25, -0.2) is 13.1 Å². The van der Waals surface area contributed by atoms with E-state index in [0.717, 1.165) is 5.56 Å². The first-order valence-corrected chi connectivity index (χ1v) is 8.96. The fourth-order valence-electron chi connectivity index (χ4n) is 2.01. The number of hydrogen-bond donors (Lipinski definition) is 3. The molecule has 2 atom stereocenters. The molecule has 1 amide bonds. The lowest BCUT2D eigenvalue weighted by molar-refractivity contribution is -0.125. The summed E-state index contributed by atoms with van der Waals surface area (Å²) in [5, 5.41) is 2.62. The molecule has 0 aliphatic heterocycles. The maximum Gasteiger partial charge on any atom is 0.224 e. The van der Waals surface area contributed by atoms with E-state index < -0.39 is 22.0 Å². The molecule has 0 fully saturated rings. The Hall–Kier alpha value is -1.44. The van der Waals surface area contributed by atoms with Gasteiger partial charge < -0.3 is 11.1 Å². The number of carbonyl (C=O) groups is 1. The van der Waals surface area contributed by atoms with E-state index in [4.69, 9.17) is 5.73 Å². The van der Waals surface area contributed by atoms with Crippen molar-refractivity contribution in [2.24, 2.45) is 11.7 Å². The second kappa shape index (κ2) is 8.26. The van der Waals surface area contributed by atoms with Crippen molar-refractivity contribution in [3.8, 4) is 0 Å². The van der Waals surface area contributed by atoms with Crippen LogP contribution < -0.4 is 15.8 Å². The van der Waals surface area contributed by atoms with Crippen LogP contribution in [0.1, 0.15) is 32.4 Å². The first kappa shape index (κ1) is 18.6. The molecule has 2 unspecified atom stereocenters. The van der Waals surface area contributed by atoms with Crippen LogP contribution in [0, 0.1) is 5.92 Å². The molecule has 0 spiro atoms. The minimum Gasteiger partial charge on any atom is -0.355 e. The lowest BCUT2D eigenvalue weighted by Gasteiger charge is -2.20. The lowest BCUT2D eigenvalue weighted by atomic mass is 9.95. The van der Waals surface area contributed by atoms with Gasteiger partial charge in [0.2, 0.25) is 15.9 Å². The molecule has 0 aliphatic rings. The number of amides is 1. The van der Waals surface area contributed by atoms with E-state index >= 15 is 0 Å². The highest BCUT2D eigenvalue weighted by molar-refractivity contribution is 7.89. The number of sulfonamides is 1. The van der Waals surface area contributed by atoms with E-state index in [1.54, 1.807) is 20.8 Å². The summed E-state index contributed by atoms with van der Waals surface area (Å²) in [6.07, 6.45) is 0. The second-order valence-corrected chi connectivity index (χ2v) is 7.48. The van der Waals surface area contributed by atoms with Crippen LogP contribution in [0.2, 0.25) is 0 Å². The molecule has 1 aromatic rings. The number of nitrogens with two attached hydrogens (primary N) is 1. The first-order valence-electron chi connectivity index (χ1n) is 7.31. The van der Waals surface area contributed by atoms with E-state index in [9.17, 15) is 13.2 Å². The van der Waals surface area contributed by atoms with Crippen LogP contribution in [-0.2, 0) is 14.8 Å². The zero-order valence-corrected chi connectivity index (χ0v) is 14.1. The van der Waals surface area contributed by atoms with Gasteiger partial charge in [-0.15, -0.1) is 0 Å². The molecular weight excluding hydrogens is 302 g/mol. The number of hydrogen-bond acceptors (Lipinski definition) is 4. The normalized spacial score (nSPS) is 14.6. The largest absolute Gasteiger partial charge is 0.355 e. The maximum absolute atomic E-state index is 12.1. The molecule has 6 nitrogen and oxygen atoms in total. The minimum absolute atomic E-state index is 0.0622. The zero-order valence-electron chi connectivity index (χ0n) is 13.2. The number of benzene rings is 1. The monoisotopic (exact) mass is 327 g/mol. The molecule has 1 aromatic carbocycles. The van der Waals surface area contributed by atoms with Gasteiger partial charge in [0, 0.05) is 18.6 Å². The van der Waals surface area contributed by atoms with Crippen molar-refractivity contribution in [1.29, 1.82) is 0 Å². The molecule has 0 saturated heterocycles. The summed E-state index contributed by atoms with van der Waals surface area (Å²) in [6, 6.07) is 8.76. The summed E-state index contributed by atoms with van der Waals surface area (Å²) in [7, 11) is -3.37. The molecule has 1 rings (SSSR count). The number of carbonyl (C=O) groups excluding carboxylic acids is 1. The number of nitrogens with one attached hydrogen (secondary N) is 2. The van der Waals surface area contributed by atoms with Gasteiger partial charge in [-0.3, -0.25) is 4.79 Å². The topological polar surface area (TPSA) is 101 Å². The second-order valence-electron chi connectivity index (χ2n) is 5.61. The molecule has 0 heterocycles. The third-order valence-electron chi connectivity index (χ3n) is 3.22. The molecule has 22 heavy (non-hydrogen) atoms. The Morgan fingerprint density at radius 3 is 2.32 bits per heavy atom. The molecule has 0 saturated carbocycles. The van der Waals surface area contributed by atoms with E-state index in [1.165, 1.54) is 0 Å². The smallest absolute Gasteiger partial charge is 0.224 e. The van der Waals surface area contributed by atoms with Crippen LogP contribution in [0.25, 0.3) is 0 Å². The van der Waals surface area contributed by atoms with Crippen molar-refractivity contribution in [3.05, 3.63) is 35.9 Å². The highest BCUT2D eigenvalue weighted by atomic mass is 32.2. The predicted octanol–water partition coefficient (Wildman–Crippen LogP) is 0.767. The van der Waals surface area contributed by atoms with Gasteiger partial charge in [-0.1, -0.05) is 37.3 Å². The molecule has 0 aromatic heterocycles. The summed E-state index contributed by atoms with van der Waals surface area (Å²) in [6.45, 7) is 5.29. The van der Waals surface area contributed by atoms with E-state index in [-0.39, 0.29) is 24.2 Å². The van der Waals surface area contributed by atoms with E-state index in [2.05, 4.69) is 10.0 Å². The Balaban J connectivity index is 2.48. The molecule has 0 aliphatic carbocycles. The van der Waals surface area contributed by atoms with Gasteiger partial charge in [-0.2, -0.15) is 0 Å². The van der Waals surface area contributed by atoms with Crippen LogP contribution in [0.5, 0.6) is 0 Å². The van der Waals surface area contributed by atoms with Crippen molar-refractivity contribution in [1.82, 2.24) is 10.0 Å². The average molecular weight is 327 g/mol. The van der Waals surface area contributed by atoms with Crippen molar-refractivity contribution in [3.63, 3.8) is 0 Å². The zero-order chi connectivity index (χ0) is 16.8. The highest BCUT2D eigenvalue weighted by Crippen LogP contribution is 2.18. The van der Waals surface area contributed by atoms with E-state index in [0.29, 0.717) is 0 Å². The van der Waals surface area contributed by atoms with Crippen LogP contribution in [0.4, 0.5) is 0 Å². The van der Waals surface area contributed by atoms with Gasteiger partial charge in [-0.05, 0) is 19.4 Å².